The van der Waals surface area contributed by atoms with E-state index in [1.165, 1.54) is 16.4 Å². The van der Waals surface area contributed by atoms with Crippen LogP contribution in [0.15, 0.2) is 53.4 Å². The number of ether oxygens (including phenoxy) is 1. The molecule has 0 aromatic heterocycles. The summed E-state index contributed by atoms with van der Waals surface area (Å²) in [5, 5.41) is 5.42. The number of carbonyl (C=O) groups excluding carboxylic acids is 2. The topological polar surface area (TPSA) is 105 Å². The number of morpholine rings is 1. The fraction of sp³-hybridized carbons (Fsp3) is 0.333. The maximum Gasteiger partial charge on any atom is 0.251 e. The zero-order valence-electron chi connectivity index (χ0n) is 16.8. The van der Waals surface area contributed by atoms with E-state index in [2.05, 4.69) is 10.6 Å². The van der Waals surface area contributed by atoms with Crippen molar-refractivity contribution in [2.75, 3.05) is 38.2 Å². The van der Waals surface area contributed by atoms with Crippen molar-refractivity contribution in [3.05, 3.63) is 59.7 Å². The second-order valence-electron chi connectivity index (χ2n) is 6.96. The van der Waals surface area contributed by atoms with Crippen molar-refractivity contribution in [2.24, 2.45) is 0 Å². The van der Waals surface area contributed by atoms with Crippen molar-refractivity contribution in [3.8, 4) is 0 Å². The fourth-order valence-electron chi connectivity index (χ4n) is 3.05. The number of amides is 2. The van der Waals surface area contributed by atoms with Crippen LogP contribution in [0.5, 0.6) is 0 Å². The van der Waals surface area contributed by atoms with E-state index in [4.69, 9.17) is 4.74 Å². The first-order chi connectivity index (χ1) is 14.4. The normalized spacial score (nSPS) is 14.8. The van der Waals surface area contributed by atoms with Crippen LogP contribution >= 0.6 is 0 Å². The van der Waals surface area contributed by atoms with Crippen molar-refractivity contribution >= 4 is 27.5 Å². The quantitative estimate of drug-likeness (QED) is 0.695. The molecule has 0 saturated carbocycles. The summed E-state index contributed by atoms with van der Waals surface area (Å²) in [7, 11) is -3.57. The third kappa shape index (κ3) is 5.65. The van der Waals surface area contributed by atoms with Gasteiger partial charge in [0.15, 0.2) is 0 Å². The summed E-state index contributed by atoms with van der Waals surface area (Å²) in [5.41, 5.74) is 2.03. The second-order valence-corrected chi connectivity index (χ2v) is 8.90. The number of sulfonamides is 1. The maximum atomic E-state index is 12.6. The Kier molecular flexibility index (Phi) is 7.20. The predicted molar refractivity (Wildman–Crippen MR) is 113 cm³/mol. The number of carbonyl (C=O) groups is 2. The molecule has 2 amide bonds. The van der Waals surface area contributed by atoms with Crippen molar-refractivity contribution < 1.29 is 22.7 Å². The third-order valence-corrected chi connectivity index (χ3v) is 6.58. The first-order valence-corrected chi connectivity index (χ1v) is 11.1. The van der Waals surface area contributed by atoms with Crippen LogP contribution < -0.4 is 10.6 Å². The van der Waals surface area contributed by atoms with Crippen LogP contribution in [0, 0.1) is 6.92 Å². The zero-order chi connectivity index (χ0) is 21.6. The number of hydrogen-bond acceptors (Lipinski definition) is 5. The highest BCUT2D eigenvalue weighted by Crippen LogP contribution is 2.19. The van der Waals surface area contributed by atoms with Gasteiger partial charge in [-0.15, -0.1) is 0 Å². The molecule has 0 radical (unpaired) electrons. The number of hydrogen-bond donors (Lipinski definition) is 2. The van der Waals surface area contributed by atoms with E-state index in [0.717, 1.165) is 5.56 Å². The van der Waals surface area contributed by atoms with Gasteiger partial charge in [0.05, 0.1) is 18.1 Å². The molecule has 160 valence electrons. The molecule has 1 fully saturated rings. The maximum absolute atomic E-state index is 12.6. The van der Waals surface area contributed by atoms with Gasteiger partial charge >= 0.3 is 0 Å². The largest absolute Gasteiger partial charge is 0.379 e. The molecular weight excluding hydrogens is 406 g/mol. The van der Waals surface area contributed by atoms with E-state index < -0.39 is 10.0 Å². The van der Waals surface area contributed by atoms with Gasteiger partial charge < -0.3 is 15.4 Å². The smallest absolute Gasteiger partial charge is 0.251 e. The molecule has 2 aromatic carbocycles. The molecule has 1 aliphatic heterocycles. The molecule has 1 heterocycles. The number of anilines is 1. The summed E-state index contributed by atoms with van der Waals surface area (Å²) in [6, 6.07) is 13.3. The molecule has 0 spiro atoms. The van der Waals surface area contributed by atoms with E-state index in [1.807, 2.05) is 13.0 Å². The first kappa shape index (κ1) is 21.9. The minimum Gasteiger partial charge on any atom is -0.379 e. The average molecular weight is 432 g/mol. The standard InChI is InChI=1S/C21H25N3O5S/c1-16-3-2-4-17(15-16)21(26)22-10-9-20(25)23-18-5-7-19(8-6-18)30(27,28)24-11-13-29-14-12-24/h2-8,15H,9-14H2,1H3,(H,22,26)(H,23,25). The highest BCUT2D eigenvalue weighted by Gasteiger charge is 2.26. The van der Waals surface area contributed by atoms with E-state index >= 15 is 0 Å². The van der Waals surface area contributed by atoms with E-state index in [0.29, 0.717) is 37.6 Å². The number of aryl methyl sites for hydroxylation is 1. The Morgan fingerprint density at radius 2 is 1.77 bits per heavy atom. The molecule has 9 heteroatoms. The first-order valence-electron chi connectivity index (χ1n) is 9.69. The highest BCUT2D eigenvalue weighted by atomic mass is 32.2. The minimum absolute atomic E-state index is 0.103. The van der Waals surface area contributed by atoms with Gasteiger partial charge in [0.2, 0.25) is 15.9 Å². The number of rotatable bonds is 7. The van der Waals surface area contributed by atoms with Crippen LogP contribution in [0.1, 0.15) is 22.3 Å². The lowest BCUT2D eigenvalue weighted by atomic mass is 10.1. The minimum atomic E-state index is -3.57. The Morgan fingerprint density at radius 3 is 2.43 bits per heavy atom. The Balaban J connectivity index is 1.49. The molecule has 30 heavy (non-hydrogen) atoms. The summed E-state index contributed by atoms with van der Waals surface area (Å²) >= 11 is 0. The molecule has 0 bridgehead atoms. The van der Waals surface area contributed by atoms with Gasteiger partial charge in [-0.3, -0.25) is 9.59 Å². The van der Waals surface area contributed by atoms with Crippen LogP contribution in [-0.2, 0) is 19.6 Å². The lowest BCUT2D eigenvalue weighted by Gasteiger charge is -2.26. The fourth-order valence-corrected chi connectivity index (χ4v) is 4.46. The average Bonchev–Trinajstić information content (AvgIpc) is 2.74. The van der Waals surface area contributed by atoms with Crippen LogP contribution in [0.2, 0.25) is 0 Å². The lowest BCUT2D eigenvalue weighted by molar-refractivity contribution is -0.116. The van der Waals surface area contributed by atoms with Gasteiger partial charge in [-0.05, 0) is 43.3 Å². The van der Waals surface area contributed by atoms with Crippen molar-refractivity contribution in [2.45, 2.75) is 18.2 Å². The van der Waals surface area contributed by atoms with Gasteiger partial charge in [-0.2, -0.15) is 4.31 Å². The van der Waals surface area contributed by atoms with Gasteiger partial charge in [0, 0.05) is 37.3 Å². The SMILES string of the molecule is Cc1cccc(C(=O)NCCC(=O)Nc2ccc(S(=O)(=O)N3CCOCC3)cc2)c1. The summed E-state index contributed by atoms with van der Waals surface area (Å²) in [4.78, 5) is 24.4. The van der Waals surface area contributed by atoms with Crippen LogP contribution in [0.25, 0.3) is 0 Å². The molecule has 2 N–H and O–H groups in total. The Morgan fingerprint density at radius 1 is 1.07 bits per heavy atom. The van der Waals surface area contributed by atoms with Crippen LogP contribution in [0.4, 0.5) is 5.69 Å². The molecule has 0 atom stereocenters. The van der Waals surface area contributed by atoms with Gasteiger partial charge in [0.1, 0.15) is 0 Å². The van der Waals surface area contributed by atoms with E-state index in [-0.39, 0.29) is 29.7 Å². The Labute approximate surface area is 176 Å². The molecule has 3 rings (SSSR count). The number of nitrogens with zero attached hydrogens (tertiary/aromatic N) is 1. The summed E-state index contributed by atoms with van der Waals surface area (Å²) in [5.74, 6) is -0.507. The summed E-state index contributed by atoms with van der Waals surface area (Å²) < 4.78 is 31.8. The molecular formula is C21H25N3O5S. The van der Waals surface area contributed by atoms with Crippen molar-refractivity contribution in [1.29, 1.82) is 0 Å². The van der Waals surface area contributed by atoms with Gasteiger partial charge in [-0.1, -0.05) is 17.7 Å². The molecule has 8 nitrogen and oxygen atoms in total. The monoisotopic (exact) mass is 431 g/mol. The molecule has 1 saturated heterocycles. The Bertz CT molecular complexity index is 1000. The summed E-state index contributed by atoms with van der Waals surface area (Å²) in [6.07, 6.45) is 0.103. The lowest BCUT2D eigenvalue weighted by Crippen LogP contribution is -2.40. The van der Waals surface area contributed by atoms with Gasteiger partial charge in [0.25, 0.3) is 5.91 Å². The van der Waals surface area contributed by atoms with E-state index in [9.17, 15) is 18.0 Å². The van der Waals surface area contributed by atoms with Crippen LogP contribution in [-0.4, -0.2) is 57.4 Å². The zero-order valence-corrected chi connectivity index (χ0v) is 17.6. The Hall–Kier alpha value is -2.75. The highest BCUT2D eigenvalue weighted by molar-refractivity contribution is 7.89. The molecule has 0 unspecified atom stereocenters. The van der Waals surface area contributed by atoms with Crippen molar-refractivity contribution in [3.63, 3.8) is 0 Å². The van der Waals surface area contributed by atoms with Crippen LogP contribution in [0.3, 0.4) is 0 Å². The number of benzene rings is 2. The second kappa shape index (κ2) is 9.84. The molecule has 1 aliphatic rings. The third-order valence-electron chi connectivity index (χ3n) is 4.66. The predicted octanol–water partition coefficient (Wildman–Crippen LogP) is 1.77. The molecule has 0 aliphatic carbocycles. The van der Waals surface area contributed by atoms with Gasteiger partial charge in [-0.25, -0.2) is 8.42 Å². The number of nitrogens with one attached hydrogen (secondary N) is 2. The van der Waals surface area contributed by atoms with E-state index in [1.54, 1.807) is 30.3 Å². The summed E-state index contributed by atoms with van der Waals surface area (Å²) in [6.45, 7) is 3.52. The van der Waals surface area contributed by atoms with Crippen molar-refractivity contribution in [1.82, 2.24) is 9.62 Å². The molecule has 2 aromatic rings.